The van der Waals surface area contributed by atoms with E-state index in [4.69, 9.17) is 23.2 Å². The average molecular weight is 368 g/mol. The zero-order valence-electron chi connectivity index (χ0n) is 12.1. The maximum absolute atomic E-state index is 12.8. The molecular formula is C14H19Cl2NO2S2. The van der Waals surface area contributed by atoms with E-state index in [1.807, 2.05) is 11.8 Å². The lowest BCUT2D eigenvalue weighted by molar-refractivity contribution is 0.415. The van der Waals surface area contributed by atoms with E-state index in [1.165, 1.54) is 4.31 Å². The molecule has 0 atom stereocenters. The molecule has 2 rings (SSSR count). The Morgan fingerprint density at radius 3 is 2.71 bits per heavy atom. The van der Waals surface area contributed by atoms with Gasteiger partial charge in [-0.3, -0.25) is 0 Å². The summed E-state index contributed by atoms with van der Waals surface area (Å²) in [6.45, 7) is 5.32. The van der Waals surface area contributed by atoms with Crippen molar-refractivity contribution in [3.63, 3.8) is 0 Å². The van der Waals surface area contributed by atoms with E-state index in [9.17, 15) is 8.42 Å². The van der Waals surface area contributed by atoms with Gasteiger partial charge in [-0.05, 0) is 24.1 Å². The van der Waals surface area contributed by atoms with Crippen LogP contribution in [0, 0.1) is 0 Å². The summed E-state index contributed by atoms with van der Waals surface area (Å²) >= 11 is 13.7. The van der Waals surface area contributed by atoms with Crippen LogP contribution < -0.4 is 0 Å². The minimum atomic E-state index is -3.57. The minimum absolute atomic E-state index is 0.103. The number of halogens is 2. The number of alkyl halides is 1. The summed E-state index contributed by atoms with van der Waals surface area (Å²) in [6, 6.07) is 4.92. The van der Waals surface area contributed by atoms with Gasteiger partial charge in [0.05, 0.1) is 5.02 Å². The Labute approximate surface area is 141 Å². The quantitative estimate of drug-likeness (QED) is 0.758. The van der Waals surface area contributed by atoms with Gasteiger partial charge in [0, 0.05) is 29.5 Å². The number of rotatable bonds is 3. The third-order valence-electron chi connectivity index (χ3n) is 3.56. The summed E-state index contributed by atoms with van der Waals surface area (Å²) in [6.07, 6.45) is 0.823. The van der Waals surface area contributed by atoms with Crippen LogP contribution in [0.25, 0.3) is 0 Å². The molecule has 0 aromatic heterocycles. The number of hydrogen-bond acceptors (Lipinski definition) is 3. The van der Waals surface area contributed by atoms with Crippen LogP contribution in [0.15, 0.2) is 23.1 Å². The highest BCUT2D eigenvalue weighted by Crippen LogP contribution is 2.34. The molecule has 1 heterocycles. The molecule has 1 aliphatic heterocycles. The fourth-order valence-electron chi connectivity index (χ4n) is 2.21. The first-order valence-corrected chi connectivity index (χ1v) is 10.1. The molecule has 1 aliphatic rings. The normalized spacial score (nSPS) is 20.2. The first kappa shape index (κ1) is 17.4. The number of benzene rings is 1. The lowest BCUT2D eigenvalue weighted by Gasteiger charge is -2.23. The second-order valence-electron chi connectivity index (χ2n) is 5.66. The van der Waals surface area contributed by atoms with Gasteiger partial charge >= 0.3 is 0 Å². The van der Waals surface area contributed by atoms with Crippen molar-refractivity contribution in [3.05, 3.63) is 28.8 Å². The second-order valence-corrected chi connectivity index (χ2v) is 10.0. The maximum atomic E-state index is 12.8. The molecule has 1 aromatic carbocycles. The highest BCUT2D eigenvalue weighted by molar-refractivity contribution is 8.00. The molecule has 0 N–H and O–H groups in total. The Kier molecular flexibility index (Phi) is 5.53. The van der Waals surface area contributed by atoms with E-state index in [1.54, 1.807) is 18.2 Å². The van der Waals surface area contributed by atoms with E-state index in [0.717, 1.165) is 17.7 Å². The fraction of sp³-hybridized carbons (Fsp3) is 0.571. The molecule has 0 spiro atoms. The van der Waals surface area contributed by atoms with Crippen LogP contribution in [0.3, 0.4) is 0 Å². The Balaban J connectivity index is 2.33. The van der Waals surface area contributed by atoms with Crippen molar-refractivity contribution in [2.45, 2.75) is 35.8 Å². The molecule has 3 nitrogen and oxygen atoms in total. The molecule has 0 amide bonds. The number of thioether (sulfide) groups is 1. The number of hydrogen-bond donors (Lipinski definition) is 0. The van der Waals surface area contributed by atoms with Gasteiger partial charge in [0.2, 0.25) is 10.0 Å². The third kappa shape index (κ3) is 4.08. The Hall–Kier alpha value is 0.0600. The average Bonchev–Trinajstić information content (AvgIpc) is 2.60. The monoisotopic (exact) mass is 367 g/mol. The molecule has 0 aliphatic carbocycles. The van der Waals surface area contributed by atoms with Crippen molar-refractivity contribution in [1.29, 1.82) is 0 Å². The smallest absolute Gasteiger partial charge is 0.207 e. The van der Waals surface area contributed by atoms with Crippen LogP contribution in [0.2, 0.25) is 5.02 Å². The SMILES string of the molecule is CC1(C)CCN(S(=O)(=O)c2cc(CCl)ccc2Cl)CCS1. The van der Waals surface area contributed by atoms with Crippen molar-refractivity contribution in [1.82, 2.24) is 4.31 Å². The summed E-state index contributed by atoms with van der Waals surface area (Å²) in [4.78, 5) is 0.159. The molecule has 0 saturated carbocycles. The van der Waals surface area contributed by atoms with Crippen molar-refractivity contribution in [3.8, 4) is 0 Å². The van der Waals surface area contributed by atoms with Crippen molar-refractivity contribution < 1.29 is 8.42 Å². The number of sulfonamides is 1. The highest BCUT2D eigenvalue weighted by Gasteiger charge is 2.32. The zero-order chi connectivity index (χ0) is 15.7. The van der Waals surface area contributed by atoms with Crippen molar-refractivity contribution in [2.24, 2.45) is 0 Å². The van der Waals surface area contributed by atoms with Gasteiger partial charge in [-0.2, -0.15) is 16.1 Å². The minimum Gasteiger partial charge on any atom is -0.207 e. The largest absolute Gasteiger partial charge is 0.244 e. The topological polar surface area (TPSA) is 37.4 Å². The number of nitrogens with zero attached hydrogens (tertiary/aromatic N) is 1. The van der Waals surface area contributed by atoms with Crippen LogP contribution in [-0.2, 0) is 15.9 Å². The molecule has 1 saturated heterocycles. The summed E-state index contributed by atoms with van der Waals surface area (Å²) in [5.74, 6) is 1.06. The Morgan fingerprint density at radius 1 is 1.33 bits per heavy atom. The van der Waals surface area contributed by atoms with Gasteiger partial charge in [-0.1, -0.05) is 31.5 Å². The molecule has 7 heteroatoms. The van der Waals surface area contributed by atoms with Crippen LogP contribution in [0.1, 0.15) is 25.8 Å². The summed E-state index contributed by atoms with van der Waals surface area (Å²) in [7, 11) is -3.57. The van der Waals surface area contributed by atoms with Crippen LogP contribution in [0.4, 0.5) is 0 Å². The van der Waals surface area contributed by atoms with Crippen molar-refractivity contribution in [2.75, 3.05) is 18.8 Å². The Bertz CT molecular complexity index is 617. The summed E-state index contributed by atoms with van der Waals surface area (Å²) in [5, 5.41) is 0.250. The van der Waals surface area contributed by atoms with E-state index in [2.05, 4.69) is 13.8 Å². The van der Waals surface area contributed by atoms with Crippen LogP contribution in [0.5, 0.6) is 0 Å². The molecular weight excluding hydrogens is 349 g/mol. The summed E-state index contributed by atoms with van der Waals surface area (Å²) < 4.78 is 27.3. The fourth-order valence-corrected chi connectivity index (χ4v) is 5.56. The molecule has 1 aromatic rings. The molecule has 0 bridgehead atoms. The van der Waals surface area contributed by atoms with Gasteiger partial charge in [-0.15, -0.1) is 11.6 Å². The van der Waals surface area contributed by atoms with E-state index >= 15 is 0 Å². The van der Waals surface area contributed by atoms with Crippen LogP contribution >= 0.6 is 35.0 Å². The lowest BCUT2D eigenvalue weighted by atomic mass is 10.1. The van der Waals surface area contributed by atoms with Gasteiger partial charge in [0.1, 0.15) is 4.90 Å². The lowest BCUT2D eigenvalue weighted by Crippen LogP contribution is -2.34. The van der Waals surface area contributed by atoms with E-state index < -0.39 is 10.0 Å². The van der Waals surface area contributed by atoms with Crippen LogP contribution in [-0.4, -0.2) is 36.3 Å². The molecule has 1 fully saturated rings. The first-order chi connectivity index (χ1) is 9.76. The standard InChI is InChI=1S/C14H19Cl2NO2S2/c1-14(2)5-6-17(7-8-20-14)21(18,19)13-9-11(10-15)3-4-12(13)16/h3-4,9H,5-8,10H2,1-2H3. The predicted octanol–water partition coefficient (Wildman–Crippen LogP) is 3.99. The van der Waals surface area contributed by atoms with E-state index in [0.29, 0.717) is 13.1 Å². The van der Waals surface area contributed by atoms with Crippen molar-refractivity contribution >= 4 is 45.0 Å². The first-order valence-electron chi connectivity index (χ1n) is 6.75. The highest BCUT2D eigenvalue weighted by atomic mass is 35.5. The third-order valence-corrected chi connectivity index (χ3v) is 7.63. The van der Waals surface area contributed by atoms with Gasteiger partial charge in [0.25, 0.3) is 0 Å². The second kappa shape index (κ2) is 6.67. The Morgan fingerprint density at radius 2 is 2.05 bits per heavy atom. The van der Waals surface area contributed by atoms with E-state index in [-0.39, 0.29) is 20.5 Å². The molecule has 0 radical (unpaired) electrons. The van der Waals surface area contributed by atoms with Gasteiger partial charge in [0.15, 0.2) is 0 Å². The van der Waals surface area contributed by atoms with Gasteiger partial charge < -0.3 is 0 Å². The molecule has 118 valence electrons. The molecule has 21 heavy (non-hydrogen) atoms. The summed E-state index contributed by atoms with van der Waals surface area (Å²) in [5.41, 5.74) is 0.754. The molecule has 0 unspecified atom stereocenters. The predicted molar refractivity (Wildman–Crippen MR) is 90.9 cm³/mol. The van der Waals surface area contributed by atoms with Gasteiger partial charge in [-0.25, -0.2) is 8.42 Å². The maximum Gasteiger partial charge on any atom is 0.244 e. The zero-order valence-corrected chi connectivity index (χ0v) is 15.2.